The molecule has 0 saturated carbocycles. The third kappa shape index (κ3) is 3.34. The van der Waals surface area contributed by atoms with Crippen molar-refractivity contribution in [2.24, 2.45) is 0 Å². The molecule has 0 atom stereocenters. The lowest BCUT2D eigenvalue weighted by Crippen LogP contribution is -2.32. The van der Waals surface area contributed by atoms with Gasteiger partial charge in [0.25, 0.3) is 0 Å². The van der Waals surface area contributed by atoms with Crippen LogP contribution >= 0.6 is 11.3 Å². The zero-order chi connectivity index (χ0) is 21.9. The number of rotatable bonds is 4. The maximum absolute atomic E-state index is 5.98. The molecule has 0 spiro atoms. The van der Waals surface area contributed by atoms with E-state index in [9.17, 15) is 0 Å². The van der Waals surface area contributed by atoms with Crippen molar-refractivity contribution >= 4 is 54.6 Å². The molecule has 1 aliphatic heterocycles. The summed E-state index contributed by atoms with van der Waals surface area (Å²) in [5.41, 5.74) is 11.8. The fourth-order valence-corrected chi connectivity index (χ4v) is 5.36. The van der Waals surface area contributed by atoms with Gasteiger partial charge in [-0.2, -0.15) is 0 Å². The number of fused-ring (bicyclic) bond motifs is 5. The first-order valence-electron chi connectivity index (χ1n) is 10.6. The highest BCUT2D eigenvalue weighted by molar-refractivity contribution is 7.25. The van der Waals surface area contributed by atoms with Crippen LogP contribution in [-0.2, 0) is 24.2 Å². The summed E-state index contributed by atoms with van der Waals surface area (Å²) in [5, 5.41) is 4.56. The van der Waals surface area contributed by atoms with Crippen LogP contribution in [0.3, 0.4) is 0 Å². The molecule has 0 unspecified atom stereocenters. The van der Waals surface area contributed by atoms with Crippen LogP contribution in [0.1, 0.15) is 30.7 Å². The number of H-pyrrole nitrogens is 1. The summed E-state index contributed by atoms with van der Waals surface area (Å²) in [6.07, 6.45) is 3.29. The molecule has 0 radical (unpaired) electrons. The maximum atomic E-state index is 5.98. The van der Waals surface area contributed by atoms with Crippen LogP contribution in [0, 0.1) is 0 Å². The summed E-state index contributed by atoms with van der Waals surface area (Å²) in [5.74, 6) is 1.29. The molecule has 5 heterocycles. The van der Waals surface area contributed by atoms with Gasteiger partial charge in [0.05, 0.1) is 39.2 Å². The molecule has 32 heavy (non-hydrogen) atoms. The van der Waals surface area contributed by atoms with E-state index in [0.29, 0.717) is 12.6 Å². The Kier molecular flexibility index (Phi) is 4.31. The Morgan fingerprint density at radius 1 is 1.22 bits per heavy atom. The number of nitrogens with zero attached hydrogens (tertiary/aromatic N) is 4. The summed E-state index contributed by atoms with van der Waals surface area (Å²) >= 11 is 1.65. The standard InChI is InChI=1S/C23H23N7OS/c1-23(2)9-17-13(10-31-23)8-14-18-19(32-21(14)28-17)20(27-11-26-18)25-6-5-12-3-4-15-16(7-12)30-22(24)29-15/h3-4,7-8,11H,5-6,9-10H2,1-2H3,(H3,24,29,30)(H,25,26,27). The van der Waals surface area contributed by atoms with Crippen LogP contribution < -0.4 is 11.1 Å². The van der Waals surface area contributed by atoms with Gasteiger partial charge in [0.1, 0.15) is 17.0 Å². The minimum atomic E-state index is -0.179. The van der Waals surface area contributed by atoms with Crippen molar-refractivity contribution in [3.8, 4) is 0 Å². The molecular weight excluding hydrogens is 422 g/mol. The van der Waals surface area contributed by atoms with Crippen molar-refractivity contribution in [2.45, 2.75) is 38.9 Å². The second-order valence-corrected chi connectivity index (χ2v) is 9.82. The molecule has 0 aliphatic carbocycles. The number of nitrogens with two attached hydrogens (primary N) is 1. The second kappa shape index (κ2) is 7.11. The quantitative estimate of drug-likeness (QED) is 0.380. The zero-order valence-corrected chi connectivity index (χ0v) is 18.7. The Labute approximate surface area is 188 Å². The van der Waals surface area contributed by atoms with E-state index in [4.69, 9.17) is 15.5 Å². The van der Waals surface area contributed by atoms with Gasteiger partial charge < -0.3 is 20.8 Å². The highest BCUT2D eigenvalue weighted by Crippen LogP contribution is 2.38. The molecule has 6 rings (SSSR count). The Hall–Kier alpha value is -3.30. The summed E-state index contributed by atoms with van der Waals surface area (Å²) in [6, 6.07) is 8.35. The summed E-state index contributed by atoms with van der Waals surface area (Å²) in [7, 11) is 0. The van der Waals surface area contributed by atoms with Gasteiger partial charge in [0.15, 0.2) is 5.95 Å². The number of hydrogen-bond donors (Lipinski definition) is 3. The molecule has 0 amide bonds. The fraction of sp³-hybridized carbons (Fsp3) is 0.304. The van der Waals surface area contributed by atoms with Crippen molar-refractivity contribution < 1.29 is 4.74 Å². The molecule has 8 nitrogen and oxygen atoms in total. The van der Waals surface area contributed by atoms with Gasteiger partial charge in [-0.15, -0.1) is 11.3 Å². The molecule has 4 aromatic heterocycles. The summed E-state index contributed by atoms with van der Waals surface area (Å²) in [6.45, 7) is 5.56. The number of aromatic nitrogens is 5. The molecule has 1 aliphatic rings. The van der Waals surface area contributed by atoms with E-state index < -0.39 is 0 Å². The largest absolute Gasteiger partial charge is 0.370 e. The first-order valence-corrected chi connectivity index (χ1v) is 11.4. The maximum Gasteiger partial charge on any atom is 0.198 e. The van der Waals surface area contributed by atoms with E-state index in [-0.39, 0.29) is 5.60 Å². The van der Waals surface area contributed by atoms with E-state index in [1.807, 2.05) is 6.07 Å². The number of imidazole rings is 1. The number of pyridine rings is 1. The van der Waals surface area contributed by atoms with Crippen LogP contribution in [0.5, 0.6) is 0 Å². The second-order valence-electron chi connectivity index (χ2n) is 8.82. The average molecular weight is 446 g/mol. The van der Waals surface area contributed by atoms with Crippen molar-refractivity contribution in [2.75, 3.05) is 17.6 Å². The normalized spacial score (nSPS) is 15.4. The number of ether oxygens (including phenoxy) is 1. The van der Waals surface area contributed by atoms with Crippen LogP contribution in [0.25, 0.3) is 31.5 Å². The van der Waals surface area contributed by atoms with Gasteiger partial charge in [0.2, 0.25) is 0 Å². The molecule has 0 fully saturated rings. The monoisotopic (exact) mass is 445 g/mol. The number of thiophene rings is 1. The predicted octanol–water partition coefficient (Wildman–Crippen LogP) is 4.20. The molecule has 4 N–H and O–H groups in total. The Morgan fingerprint density at radius 2 is 2.12 bits per heavy atom. The lowest BCUT2D eigenvalue weighted by atomic mass is 9.95. The molecule has 9 heteroatoms. The van der Waals surface area contributed by atoms with Crippen LogP contribution in [0.2, 0.25) is 0 Å². The number of anilines is 2. The topological polar surface area (TPSA) is 115 Å². The van der Waals surface area contributed by atoms with Gasteiger partial charge in [0, 0.05) is 23.9 Å². The fourth-order valence-electron chi connectivity index (χ4n) is 4.27. The van der Waals surface area contributed by atoms with Crippen molar-refractivity contribution in [3.05, 3.63) is 47.4 Å². The van der Waals surface area contributed by atoms with Crippen molar-refractivity contribution in [3.63, 3.8) is 0 Å². The third-order valence-electron chi connectivity index (χ3n) is 5.90. The van der Waals surface area contributed by atoms with Crippen LogP contribution in [0.15, 0.2) is 30.6 Å². The highest BCUT2D eigenvalue weighted by atomic mass is 32.1. The van der Waals surface area contributed by atoms with Gasteiger partial charge in [-0.25, -0.2) is 19.9 Å². The van der Waals surface area contributed by atoms with E-state index in [1.165, 1.54) is 5.56 Å². The lowest BCUT2D eigenvalue weighted by molar-refractivity contribution is -0.0411. The summed E-state index contributed by atoms with van der Waals surface area (Å²) < 4.78 is 7.02. The van der Waals surface area contributed by atoms with E-state index in [0.717, 1.165) is 67.9 Å². The highest BCUT2D eigenvalue weighted by Gasteiger charge is 2.28. The Morgan fingerprint density at radius 3 is 3.03 bits per heavy atom. The third-order valence-corrected chi connectivity index (χ3v) is 6.99. The molecule has 5 aromatic rings. The number of benzene rings is 1. The van der Waals surface area contributed by atoms with E-state index in [1.54, 1.807) is 17.7 Å². The van der Waals surface area contributed by atoms with E-state index in [2.05, 4.69) is 57.3 Å². The zero-order valence-electron chi connectivity index (χ0n) is 17.9. The first kappa shape index (κ1) is 19.4. The molecule has 162 valence electrons. The minimum absolute atomic E-state index is 0.179. The number of hydrogen-bond acceptors (Lipinski definition) is 8. The Bertz CT molecular complexity index is 1490. The number of nitrogens with one attached hydrogen (secondary N) is 2. The van der Waals surface area contributed by atoms with Gasteiger partial charge in [-0.05, 0) is 44.0 Å². The van der Waals surface area contributed by atoms with Crippen molar-refractivity contribution in [1.29, 1.82) is 0 Å². The van der Waals surface area contributed by atoms with Gasteiger partial charge >= 0.3 is 0 Å². The molecule has 0 bridgehead atoms. The Balaban J connectivity index is 1.28. The van der Waals surface area contributed by atoms with Gasteiger partial charge in [-0.3, -0.25) is 0 Å². The lowest BCUT2D eigenvalue weighted by Gasteiger charge is -2.30. The van der Waals surface area contributed by atoms with Gasteiger partial charge in [-0.1, -0.05) is 6.07 Å². The SMILES string of the molecule is CC1(C)Cc2nc3sc4c(NCCc5ccc6nc(N)[nH]c6c5)ncnc4c3cc2CO1. The first-order chi connectivity index (χ1) is 15.4. The summed E-state index contributed by atoms with van der Waals surface area (Å²) in [4.78, 5) is 22.4. The molecular formula is C23H23N7OS. The number of aromatic amines is 1. The number of nitrogen functional groups attached to an aromatic ring is 1. The van der Waals surface area contributed by atoms with Crippen LogP contribution in [0.4, 0.5) is 11.8 Å². The molecule has 1 aromatic carbocycles. The predicted molar refractivity (Wildman–Crippen MR) is 128 cm³/mol. The molecule has 0 saturated heterocycles. The average Bonchev–Trinajstić information content (AvgIpc) is 3.30. The minimum Gasteiger partial charge on any atom is -0.370 e. The smallest absolute Gasteiger partial charge is 0.198 e. The van der Waals surface area contributed by atoms with E-state index >= 15 is 0 Å². The van der Waals surface area contributed by atoms with Crippen LogP contribution in [-0.4, -0.2) is 37.1 Å². The van der Waals surface area contributed by atoms with Crippen molar-refractivity contribution in [1.82, 2.24) is 24.9 Å².